The van der Waals surface area contributed by atoms with Crippen LogP contribution in [-0.2, 0) is 9.53 Å². The number of carbonyl (C=O) groups is 3. The van der Waals surface area contributed by atoms with Crippen LogP contribution in [0, 0.1) is 0 Å². The van der Waals surface area contributed by atoms with Crippen molar-refractivity contribution in [3.63, 3.8) is 0 Å². The van der Waals surface area contributed by atoms with Crippen molar-refractivity contribution < 1.29 is 28.6 Å². The summed E-state index contributed by atoms with van der Waals surface area (Å²) in [6.45, 7) is 2.38. The van der Waals surface area contributed by atoms with Gasteiger partial charge in [-0.15, -0.1) is 0 Å². The average molecular weight is 385 g/mol. The van der Waals surface area contributed by atoms with Crippen LogP contribution < -0.4 is 25.8 Å². The first-order chi connectivity index (χ1) is 13.4. The lowest BCUT2D eigenvalue weighted by molar-refractivity contribution is -0.123. The van der Waals surface area contributed by atoms with E-state index in [2.05, 4.69) is 10.6 Å². The van der Waals surface area contributed by atoms with Crippen LogP contribution in [0.15, 0.2) is 42.5 Å². The predicted molar refractivity (Wildman–Crippen MR) is 101 cm³/mol. The number of carbonyl (C=O) groups excluding carboxylic acids is 3. The van der Waals surface area contributed by atoms with Gasteiger partial charge in [-0.25, -0.2) is 9.59 Å². The molecule has 28 heavy (non-hydrogen) atoms. The number of hydrogen-bond donors (Lipinski definition) is 3. The Morgan fingerprint density at radius 2 is 1.61 bits per heavy atom. The Labute approximate surface area is 160 Å². The Kier molecular flexibility index (Phi) is 5.64. The van der Waals surface area contributed by atoms with Gasteiger partial charge in [0.25, 0.3) is 5.91 Å². The van der Waals surface area contributed by atoms with Crippen LogP contribution >= 0.6 is 0 Å². The molecule has 3 amide bonds. The highest BCUT2D eigenvalue weighted by Gasteiger charge is 2.20. The van der Waals surface area contributed by atoms with Crippen molar-refractivity contribution in [2.24, 2.45) is 5.73 Å². The summed E-state index contributed by atoms with van der Waals surface area (Å²) in [5, 5.41) is 5.05. The normalized spacial score (nSPS) is 13.2. The molecule has 0 radical (unpaired) electrons. The molecule has 0 aliphatic carbocycles. The number of urea groups is 1. The van der Waals surface area contributed by atoms with Crippen molar-refractivity contribution in [3.05, 3.63) is 48.0 Å². The van der Waals surface area contributed by atoms with Crippen LogP contribution in [0.3, 0.4) is 0 Å². The number of primary amides is 1. The minimum Gasteiger partial charge on any atom is -0.486 e. The third kappa shape index (κ3) is 4.70. The molecule has 4 N–H and O–H groups in total. The van der Waals surface area contributed by atoms with E-state index in [-0.39, 0.29) is 5.56 Å². The second-order valence-corrected chi connectivity index (χ2v) is 5.96. The summed E-state index contributed by atoms with van der Waals surface area (Å²) in [5.74, 6) is -0.0103. The molecule has 0 spiro atoms. The number of anilines is 2. The van der Waals surface area contributed by atoms with Gasteiger partial charge in [0.15, 0.2) is 17.6 Å². The zero-order valence-electron chi connectivity index (χ0n) is 15.1. The van der Waals surface area contributed by atoms with Crippen molar-refractivity contribution in [3.8, 4) is 11.5 Å². The monoisotopic (exact) mass is 385 g/mol. The summed E-state index contributed by atoms with van der Waals surface area (Å²) in [7, 11) is 0. The molecule has 9 nitrogen and oxygen atoms in total. The molecular weight excluding hydrogens is 366 g/mol. The van der Waals surface area contributed by atoms with Crippen molar-refractivity contribution in [2.45, 2.75) is 13.0 Å². The largest absolute Gasteiger partial charge is 0.486 e. The number of hydrogen-bond acceptors (Lipinski definition) is 6. The average Bonchev–Trinajstić information content (AvgIpc) is 2.67. The molecule has 2 aromatic rings. The van der Waals surface area contributed by atoms with Crippen LogP contribution in [0.4, 0.5) is 16.2 Å². The van der Waals surface area contributed by atoms with E-state index in [1.54, 1.807) is 18.2 Å². The van der Waals surface area contributed by atoms with Gasteiger partial charge >= 0.3 is 12.0 Å². The maximum atomic E-state index is 12.3. The lowest BCUT2D eigenvalue weighted by Crippen LogP contribution is -2.30. The van der Waals surface area contributed by atoms with Gasteiger partial charge in [0.05, 0.1) is 5.56 Å². The quantitative estimate of drug-likeness (QED) is 0.676. The van der Waals surface area contributed by atoms with Crippen molar-refractivity contribution in [1.82, 2.24) is 0 Å². The molecule has 1 aliphatic rings. The molecular formula is C19H19N3O6. The number of amides is 3. The highest BCUT2D eigenvalue weighted by atomic mass is 16.6. The molecule has 1 atom stereocenters. The fraction of sp³-hybridized carbons (Fsp3) is 0.211. The summed E-state index contributed by atoms with van der Waals surface area (Å²) in [4.78, 5) is 35.3. The molecule has 0 fully saturated rings. The van der Waals surface area contributed by atoms with Gasteiger partial charge in [-0.3, -0.25) is 4.79 Å². The minimum atomic E-state index is -1.02. The standard InChI is InChI=1S/C19H19N3O6/c1-11(28-18(24)12-2-4-13(5-3-12)22-19(20)25)17(23)21-14-6-7-15-16(10-14)27-9-8-26-15/h2-7,10-11H,8-9H2,1H3,(H,21,23)(H3,20,22,25)/t11-/m1/s1. The van der Waals surface area contributed by atoms with Crippen LogP contribution in [0.25, 0.3) is 0 Å². The Morgan fingerprint density at radius 3 is 2.29 bits per heavy atom. The smallest absolute Gasteiger partial charge is 0.338 e. The molecule has 1 aliphatic heterocycles. The molecule has 0 unspecified atom stereocenters. The summed E-state index contributed by atoms with van der Waals surface area (Å²) in [6, 6.07) is 10.2. The van der Waals surface area contributed by atoms with E-state index >= 15 is 0 Å². The van der Waals surface area contributed by atoms with Gasteiger partial charge in [-0.2, -0.15) is 0 Å². The summed E-state index contributed by atoms with van der Waals surface area (Å²) in [5.41, 5.74) is 6.19. The highest BCUT2D eigenvalue weighted by Crippen LogP contribution is 2.32. The number of benzene rings is 2. The second kappa shape index (κ2) is 8.30. The van der Waals surface area contributed by atoms with Gasteiger partial charge in [-0.05, 0) is 43.3 Å². The Bertz CT molecular complexity index is 897. The number of nitrogens with one attached hydrogen (secondary N) is 2. The Balaban J connectivity index is 1.57. The van der Waals surface area contributed by atoms with E-state index in [1.165, 1.54) is 31.2 Å². The van der Waals surface area contributed by atoms with E-state index in [0.29, 0.717) is 36.1 Å². The SMILES string of the molecule is C[C@@H](OC(=O)c1ccc(NC(N)=O)cc1)C(=O)Nc1ccc2c(c1)OCCO2. The lowest BCUT2D eigenvalue weighted by atomic mass is 10.2. The predicted octanol–water partition coefficient (Wildman–Crippen LogP) is 2.13. The van der Waals surface area contributed by atoms with E-state index in [1.807, 2.05) is 0 Å². The van der Waals surface area contributed by atoms with Gasteiger partial charge in [0.2, 0.25) is 0 Å². The number of nitrogens with two attached hydrogens (primary N) is 1. The molecule has 1 heterocycles. The van der Waals surface area contributed by atoms with E-state index in [4.69, 9.17) is 19.9 Å². The van der Waals surface area contributed by atoms with Crippen LogP contribution in [-0.4, -0.2) is 37.2 Å². The molecule has 0 aromatic heterocycles. The number of fused-ring (bicyclic) bond motifs is 1. The van der Waals surface area contributed by atoms with Gasteiger partial charge in [0, 0.05) is 17.4 Å². The molecule has 3 rings (SSSR count). The fourth-order valence-electron chi connectivity index (χ4n) is 2.48. The number of esters is 1. The first-order valence-electron chi connectivity index (χ1n) is 8.50. The number of ether oxygens (including phenoxy) is 3. The number of rotatable bonds is 5. The van der Waals surface area contributed by atoms with E-state index in [9.17, 15) is 14.4 Å². The summed E-state index contributed by atoms with van der Waals surface area (Å²) in [6.07, 6.45) is -1.02. The lowest BCUT2D eigenvalue weighted by Gasteiger charge is -2.19. The molecule has 146 valence electrons. The van der Waals surface area contributed by atoms with Crippen molar-refractivity contribution >= 4 is 29.3 Å². The molecule has 0 saturated heterocycles. The second-order valence-electron chi connectivity index (χ2n) is 5.96. The highest BCUT2D eigenvalue weighted by molar-refractivity contribution is 5.97. The van der Waals surface area contributed by atoms with Gasteiger partial charge in [-0.1, -0.05) is 0 Å². The van der Waals surface area contributed by atoms with E-state index < -0.39 is 24.0 Å². The molecule has 9 heteroatoms. The summed E-state index contributed by atoms with van der Waals surface area (Å²) >= 11 is 0. The molecule has 0 saturated carbocycles. The van der Waals surface area contributed by atoms with Gasteiger partial charge < -0.3 is 30.6 Å². The maximum Gasteiger partial charge on any atom is 0.338 e. The first-order valence-corrected chi connectivity index (χ1v) is 8.50. The van der Waals surface area contributed by atoms with Crippen LogP contribution in [0.2, 0.25) is 0 Å². The zero-order chi connectivity index (χ0) is 20.1. The third-order valence-corrected chi connectivity index (χ3v) is 3.85. The zero-order valence-corrected chi connectivity index (χ0v) is 15.1. The van der Waals surface area contributed by atoms with Crippen molar-refractivity contribution in [2.75, 3.05) is 23.8 Å². The van der Waals surface area contributed by atoms with Crippen LogP contribution in [0.1, 0.15) is 17.3 Å². The molecule has 2 aromatic carbocycles. The van der Waals surface area contributed by atoms with Gasteiger partial charge in [0.1, 0.15) is 13.2 Å². The van der Waals surface area contributed by atoms with Crippen molar-refractivity contribution in [1.29, 1.82) is 0 Å². The summed E-state index contributed by atoms with van der Waals surface area (Å²) < 4.78 is 16.1. The first kappa shape index (κ1) is 19.0. The maximum absolute atomic E-state index is 12.3. The third-order valence-electron chi connectivity index (χ3n) is 3.85. The Hall–Kier alpha value is -3.75. The topological polar surface area (TPSA) is 129 Å². The van der Waals surface area contributed by atoms with E-state index in [0.717, 1.165) is 0 Å². The minimum absolute atomic E-state index is 0.231. The molecule has 0 bridgehead atoms. The fourth-order valence-corrected chi connectivity index (χ4v) is 2.48. The Morgan fingerprint density at radius 1 is 0.964 bits per heavy atom. The van der Waals surface area contributed by atoms with Crippen LogP contribution in [0.5, 0.6) is 11.5 Å².